The second-order valence-corrected chi connectivity index (χ2v) is 9.38. The van der Waals surface area contributed by atoms with Gasteiger partial charge in [-0.1, -0.05) is 35.9 Å². The number of piperazine rings is 1. The van der Waals surface area contributed by atoms with E-state index in [0.29, 0.717) is 43.3 Å². The molecule has 4 rings (SSSR count). The fourth-order valence-corrected chi connectivity index (χ4v) is 4.37. The van der Waals surface area contributed by atoms with Crippen molar-refractivity contribution < 1.29 is 32.3 Å². The Bertz CT molecular complexity index is 1120. The number of alkyl halides is 3. The number of imide groups is 1. The van der Waals surface area contributed by atoms with Crippen molar-refractivity contribution in [3.8, 4) is 0 Å². The van der Waals surface area contributed by atoms with E-state index in [4.69, 9.17) is 16.3 Å². The van der Waals surface area contributed by atoms with Gasteiger partial charge in [0.1, 0.15) is 6.04 Å². The maximum atomic E-state index is 12.9. The molecule has 0 unspecified atom stereocenters. The molecular formula is C25H26ClF3N4O4. The van der Waals surface area contributed by atoms with Gasteiger partial charge in [0, 0.05) is 37.7 Å². The van der Waals surface area contributed by atoms with Crippen LogP contribution in [0, 0.1) is 0 Å². The summed E-state index contributed by atoms with van der Waals surface area (Å²) in [6, 6.07) is 10.6. The molecule has 12 heteroatoms. The zero-order valence-corrected chi connectivity index (χ0v) is 20.5. The molecular weight excluding hydrogens is 513 g/mol. The lowest BCUT2D eigenvalue weighted by molar-refractivity contribution is -0.137. The monoisotopic (exact) mass is 538 g/mol. The smallest absolute Gasteiger partial charge is 0.368 e. The van der Waals surface area contributed by atoms with Gasteiger partial charge in [0.15, 0.2) is 0 Å². The molecule has 2 fully saturated rings. The van der Waals surface area contributed by atoms with Crippen molar-refractivity contribution in [2.45, 2.75) is 31.3 Å². The zero-order chi connectivity index (χ0) is 26.6. The number of halogens is 4. The summed E-state index contributed by atoms with van der Waals surface area (Å²) in [6.45, 7) is 2.68. The van der Waals surface area contributed by atoms with Crippen molar-refractivity contribution in [1.82, 2.24) is 20.4 Å². The van der Waals surface area contributed by atoms with E-state index in [-0.39, 0.29) is 25.0 Å². The van der Waals surface area contributed by atoms with Crippen LogP contribution in [0.5, 0.6) is 0 Å². The number of carbonyl (C=O) groups is 3. The molecule has 0 aliphatic carbocycles. The average molecular weight is 539 g/mol. The molecule has 37 heavy (non-hydrogen) atoms. The number of hydrogen-bond acceptors (Lipinski definition) is 5. The molecule has 2 aromatic rings. The zero-order valence-electron chi connectivity index (χ0n) is 19.8. The number of benzene rings is 2. The fraction of sp³-hybridized carbons (Fsp3) is 0.400. The molecule has 2 aliphatic heterocycles. The highest BCUT2D eigenvalue weighted by Gasteiger charge is 2.34. The molecule has 2 aromatic carbocycles. The van der Waals surface area contributed by atoms with Crippen LogP contribution in [0.2, 0.25) is 5.02 Å². The van der Waals surface area contributed by atoms with Crippen molar-refractivity contribution >= 4 is 29.4 Å². The second kappa shape index (κ2) is 11.5. The third-order valence-electron chi connectivity index (χ3n) is 6.36. The number of hydrogen-bond donors (Lipinski definition) is 2. The summed E-state index contributed by atoms with van der Waals surface area (Å²) >= 11 is 6.03. The average Bonchev–Trinajstić information content (AvgIpc) is 3.18. The van der Waals surface area contributed by atoms with Crippen LogP contribution in [-0.4, -0.2) is 66.4 Å². The standard InChI is InChI=1S/C25H26ClF3N4O4/c26-19-7-3-17(4-8-19)21(37-15-16-1-5-18(6-2-16)25(27,28)29)14-32-9-11-33(12-10-32)22(34)13-20-23(35)31-24(36)30-20/h1-8,20-21H,9-15H2,(H2,30,31,35,36)/t20-,21+/m1/s1. The summed E-state index contributed by atoms with van der Waals surface area (Å²) in [5.41, 5.74) is 0.775. The van der Waals surface area contributed by atoms with Crippen molar-refractivity contribution in [2.75, 3.05) is 32.7 Å². The lowest BCUT2D eigenvalue weighted by atomic mass is 10.1. The third kappa shape index (κ3) is 7.21. The van der Waals surface area contributed by atoms with E-state index in [0.717, 1.165) is 17.7 Å². The SMILES string of the molecule is O=C1NC(=O)[C@@H](CC(=O)N2CCN(C[C@H](OCc3ccc(C(F)(F)F)cc3)c3ccc(Cl)cc3)CC2)N1. The molecule has 0 spiro atoms. The Kier molecular flexibility index (Phi) is 8.35. The Morgan fingerprint density at radius 2 is 1.68 bits per heavy atom. The summed E-state index contributed by atoms with van der Waals surface area (Å²) in [4.78, 5) is 39.4. The second-order valence-electron chi connectivity index (χ2n) is 8.95. The minimum atomic E-state index is -4.40. The van der Waals surface area contributed by atoms with Gasteiger partial charge in [-0.05, 0) is 35.4 Å². The predicted octanol–water partition coefficient (Wildman–Crippen LogP) is 3.36. The first-order valence-electron chi connectivity index (χ1n) is 11.7. The van der Waals surface area contributed by atoms with Crippen LogP contribution in [0.1, 0.15) is 29.2 Å². The maximum Gasteiger partial charge on any atom is 0.416 e. The van der Waals surface area contributed by atoms with Gasteiger partial charge < -0.3 is 15.0 Å². The van der Waals surface area contributed by atoms with Crippen molar-refractivity contribution in [2.24, 2.45) is 0 Å². The first-order valence-corrected chi connectivity index (χ1v) is 12.1. The van der Waals surface area contributed by atoms with Gasteiger partial charge in [-0.15, -0.1) is 0 Å². The molecule has 2 saturated heterocycles. The summed E-state index contributed by atoms with van der Waals surface area (Å²) in [5, 5.41) is 5.12. The van der Waals surface area contributed by atoms with E-state index < -0.39 is 29.7 Å². The van der Waals surface area contributed by atoms with Crippen LogP contribution in [0.4, 0.5) is 18.0 Å². The fourth-order valence-electron chi connectivity index (χ4n) is 4.24. The molecule has 0 aromatic heterocycles. The molecule has 0 saturated carbocycles. The Labute approximate surface area is 216 Å². The molecule has 2 N–H and O–H groups in total. The van der Waals surface area contributed by atoms with E-state index in [1.165, 1.54) is 12.1 Å². The van der Waals surface area contributed by atoms with Crippen LogP contribution in [-0.2, 0) is 27.1 Å². The Morgan fingerprint density at radius 1 is 1.03 bits per heavy atom. The molecule has 2 aliphatic rings. The van der Waals surface area contributed by atoms with E-state index in [2.05, 4.69) is 15.5 Å². The molecule has 4 amide bonds. The molecule has 0 bridgehead atoms. The van der Waals surface area contributed by atoms with Crippen molar-refractivity contribution in [3.63, 3.8) is 0 Å². The number of ether oxygens (including phenoxy) is 1. The van der Waals surface area contributed by atoms with Crippen LogP contribution in [0.15, 0.2) is 48.5 Å². The third-order valence-corrected chi connectivity index (χ3v) is 6.61. The normalized spacial score (nSPS) is 19.5. The summed E-state index contributed by atoms with van der Waals surface area (Å²) < 4.78 is 44.7. The first kappa shape index (κ1) is 26.9. The van der Waals surface area contributed by atoms with Gasteiger partial charge >= 0.3 is 12.2 Å². The van der Waals surface area contributed by atoms with Crippen LogP contribution >= 0.6 is 11.6 Å². The summed E-state index contributed by atoms with van der Waals surface area (Å²) in [6.07, 6.45) is -4.87. The highest BCUT2D eigenvalue weighted by Crippen LogP contribution is 2.30. The lowest BCUT2D eigenvalue weighted by Gasteiger charge is -2.36. The Morgan fingerprint density at radius 3 is 2.24 bits per heavy atom. The molecule has 2 atom stereocenters. The maximum absolute atomic E-state index is 12.9. The van der Waals surface area contributed by atoms with Crippen molar-refractivity contribution in [1.29, 1.82) is 0 Å². The Hall–Kier alpha value is -3.15. The topological polar surface area (TPSA) is 91.0 Å². The number of carbonyl (C=O) groups excluding carboxylic acids is 3. The largest absolute Gasteiger partial charge is 0.416 e. The van der Waals surface area contributed by atoms with Gasteiger partial charge in [-0.25, -0.2) is 4.79 Å². The molecule has 198 valence electrons. The van der Waals surface area contributed by atoms with E-state index >= 15 is 0 Å². The first-order chi connectivity index (χ1) is 17.6. The molecule has 2 heterocycles. The van der Waals surface area contributed by atoms with Crippen molar-refractivity contribution in [3.05, 3.63) is 70.2 Å². The van der Waals surface area contributed by atoms with E-state index in [1.807, 2.05) is 12.1 Å². The highest BCUT2D eigenvalue weighted by molar-refractivity contribution is 6.30. The molecule has 8 nitrogen and oxygen atoms in total. The summed E-state index contributed by atoms with van der Waals surface area (Å²) in [5.74, 6) is -0.720. The van der Waals surface area contributed by atoms with E-state index in [9.17, 15) is 27.6 Å². The van der Waals surface area contributed by atoms with Gasteiger partial charge in [-0.3, -0.25) is 19.8 Å². The number of amides is 4. The minimum absolute atomic E-state index is 0.0960. The quantitative estimate of drug-likeness (QED) is 0.503. The summed E-state index contributed by atoms with van der Waals surface area (Å²) in [7, 11) is 0. The van der Waals surface area contributed by atoms with Gasteiger partial charge in [0.2, 0.25) is 5.91 Å². The van der Waals surface area contributed by atoms with Crippen LogP contribution in [0.25, 0.3) is 0 Å². The van der Waals surface area contributed by atoms with Gasteiger partial charge in [0.25, 0.3) is 5.91 Å². The van der Waals surface area contributed by atoms with Gasteiger partial charge in [-0.2, -0.15) is 13.2 Å². The number of nitrogens with zero attached hydrogens (tertiary/aromatic N) is 2. The van der Waals surface area contributed by atoms with E-state index in [1.54, 1.807) is 17.0 Å². The Balaban J connectivity index is 1.34. The number of rotatable bonds is 8. The lowest BCUT2D eigenvalue weighted by Crippen LogP contribution is -2.51. The predicted molar refractivity (Wildman–Crippen MR) is 129 cm³/mol. The van der Waals surface area contributed by atoms with Crippen LogP contribution in [0.3, 0.4) is 0 Å². The number of nitrogens with one attached hydrogen (secondary N) is 2. The highest BCUT2D eigenvalue weighted by atomic mass is 35.5. The molecule has 0 radical (unpaired) electrons. The minimum Gasteiger partial charge on any atom is -0.368 e. The van der Waals surface area contributed by atoms with Gasteiger partial charge in [0.05, 0.1) is 24.7 Å². The number of urea groups is 1. The van der Waals surface area contributed by atoms with Crippen LogP contribution < -0.4 is 10.6 Å².